The molecule has 1 aromatic carbocycles. The molecule has 4 heteroatoms. The average molecular weight is 265 g/mol. The molecule has 0 radical (unpaired) electrons. The summed E-state index contributed by atoms with van der Waals surface area (Å²) < 4.78 is 5.52. The zero-order chi connectivity index (χ0) is 14.5. The number of carbonyl (C=O) groups is 1. The van der Waals surface area contributed by atoms with E-state index in [9.17, 15) is 9.90 Å². The SMILES string of the molecule is CCC(C)(CO)NC(=O)COc1cc(C)ccc1C. The van der Waals surface area contributed by atoms with E-state index in [4.69, 9.17) is 4.74 Å². The molecule has 4 nitrogen and oxygen atoms in total. The van der Waals surface area contributed by atoms with Crippen LogP contribution >= 0.6 is 0 Å². The van der Waals surface area contributed by atoms with Crippen LogP contribution < -0.4 is 10.1 Å². The Morgan fingerprint density at radius 2 is 2.11 bits per heavy atom. The quantitative estimate of drug-likeness (QED) is 0.826. The molecule has 0 aliphatic heterocycles. The van der Waals surface area contributed by atoms with Crippen molar-refractivity contribution in [3.8, 4) is 5.75 Å². The summed E-state index contributed by atoms with van der Waals surface area (Å²) in [5, 5.41) is 12.0. The van der Waals surface area contributed by atoms with Crippen LogP contribution in [-0.4, -0.2) is 29.8 Å². The summed E-state index contributed by atoms with van der Waals surface area (Å²) >= 11 is 0. The molecule has 0 saturated carbocycles. The number of rotatable bonds is 6. The second-order valence-corrected chi connectivity index (χ2v) is 5.18. The molecular weight excluding hydrogens is 242 g/mol. The first-order chi connectivity index (χ1) is 8.90. The van der Waals surface area contributed by atoms with Crippen LogP contribution in [-0.2, 0) is 4.79 Å². The van der Waals surface area contributed by atoms with Gasteiger partial charge >= 0.3 is 0 Å². The van der Waals surface area contributed by atoms with Crippen LogP contribution in [0, 0.1) is 13.8 Å². The van der Waals surface area contributed by atoms with Crippen molar-refractivity contribution in [2.75, 3.05) is 13.2 Å². The second kappa shape index (κ2) is 6.57. The minimum absolute atomic E-state index is 0.0418. The van der Waals surface area contributed by atoms with Gasteiger partial charge in [0.1, 0.15) is 5.75 Å². The summed E-state index contributed by atoms with van der Waals surface area (Å²) in [5.74, 6) is 0.497. The maximum Gasteiger partial charge on any atom is 0.258 e. The molecule has 0 aliphatic carbocycles. The smallest absolute Gasteiger partial charge is 0.258 e. The van der Waals surface area contributed by atoms with Gasteiger partial charge in [0, 0.05) is 0 Å². The molecule has 1 rings (SSSR count). The van der Waals surface area contributed by atoms with Gasteiger partial charge in [-0.2, -0.15) is 0 Å². The molecule has 0 spiro atoms. The van der Waals surface area contributed by atoms with Gasteiger partial charge < -0.3 is 15.2 Å². The number of benzene rings is 1. The Hall–Kier alpha value is -1.55. The van der Waals surface area contributed by atoms with Crippen LogP contribution in [0.3, 0.4) is 0 Å². The van der Waals surface area contributed by atoms with Gasteiger partial charge in [0.2, 0.25) is 0 Å². The number of nitrogens with one attached hydrogen (secondary N) is 1. The molecule has 0 bridgehead atoms. The molecule has 1 unspecified atom stereocenters. The number of aliphatic hydroxyl groups excluding tert-OH is 1. The number of aliphatic hydroxyl groups is 1. The Labute approximate surface area is 114 Å². The third-order valence-electron chi connectivity index (χ3n) is 3.27. The minimum Gasteiger partial charge on any atom is -0.483 e. The van der Waals surface area contributed by atoms with Crippen molar-refractivity contribution < 1.29 is 14.6 Å². The van der Waals surface area contributed by atoms with E-state index in [1.165, 1.54) is 0 Å². The fourth-order valence-electron chi connectivity index (χ4n) is 1.62. The number of ether oxygens (including phenoxy) is 1. The van der Waals surface area contributed by atoms with E-state index in [0.29, 0.717) is 6.42 Å². The molecule has 1 atom stereocenters. The lowest BCUT2D eigenvalue weighted by molar-refractivity contribution is -0.125. The summed E-state index contributed by atoms with van der Waals surface area (Å²) in [4.78, 5) is 11.8. The predicted molar refractivity (Wildman–Crippen MR) is 75.3 cm³/mol. The Balaban J connectivity index is 2.57. The summed E-state index contributed by atoms with van der Waals surface area (Å²) in [6.45, 7) is 7.52. The molecular formula is C15H23NO3. The zero-order valence-electron chi connectivity index (χ0n) is 12.1. The standard InChI is InChI=1S/C15H23NO3/c1-5-15(4,10-17)16-14(18)9-19-13-8-11(2)6-7-12(13)3/h6-8,17H,5,9-10H2,1-4H3,(H,16,18). The topological polar surface area (TPSA) is 58.6 Å². The second-order valence-electron chi connectivity index (χ2n) is 5.18. The number of amides is 1. The molecule has 0 aliphatic rings. The highest BCUT2D eigenvalue weighted by Crippen LogP contribution is 2.19. The number of aryl methyl sites for hydroxylation is 2. The lowest BCUT2D eigenvalue weighted by atomic mass is 10.0. The Morgan fingerprint density at radius 1 is 1.42 bits per heavy atom. The van der Waals surface area contributed by atoms with Crippen molar-refractivity contribution in [3.63, 3.8) is 0 Å². The van der Waals surface area contributed by atoms with Gasteiger partial charge in [0.25, 0.3) is 5.91 Å². The molecule has 1 aromatic rings. The van der Waals surface area contributed by atoms with E-state index in [-0.39, 0.29) is 19.1 Å². The van der Waals surface area contributed by atoms with Crippen molar-refractivity contribution in [2.45, 2.75) is 39.7 Å². The molecule has 0 fully saturated rings. The Bertz CT molecular complexity index is 439. The fraction of sp³-hybridized carbons (Fsp3) is 0.533. The monoisotopic (exact) mass is 265 g/mol. The van der Waals surface area contributed by atoms with Crippen molar-refractivity contribution in [2.24, 2.45) is 0 Å². The largest absolute Gasteiger partial charge is 0.483 e. The predicted octanol–water partition coefficient (Wildman–Crippen LogP) is 1.96. The van der Waals surface area contributed by atoms with E-state index in [1.807, 2.05) is 45.9 Å². The molecule has 19 heavy (non-hydrogen) atoms. The lowest BCUT2D eigenvalue weighted by Crippen LogP contribution is -2.49. The van der Waals surface area contributed by atoms with Gasteiger partial charge in [-0.25, -0.2) is 0 Å². The van der Waals surface area contributed by atoms with Crippen LogP contribution in [0.4, 0.5) is 0 Å². The van der Waals surface area contributed by atoms with Crippen LogP contribution in [0.2, 0.25) is 0 Å². The van der Waals surface area contributed by atoms with Gasteiger partial charge in [0.05, 0.1) is 12.1 Å². The zero-order valence-corrected chi connectivity index (χ0v) is 12.1. The van der Waals surface area contributed by atoms with Gasteiger partial charge in [-0.3, -0.25) is 4.79 Å². The van der Waals surface area contributed by atoms with E-state index in [1.54, 1.807) is 0 Å². The van der Waals surface area contributed by atoms with Crippen LogP contribution in [0.15, 0.2) is 18.2 Å². The highest BCUT2D eigenvalue weighted by molar-refractivity contribution is 5.78. The van der Waals surface area contributed by atoms with E-state index in [0.717, 1.165) is 16.9 Å². The summed E-state index contributed by atoms with van der Waals surface area (Å²) in [7, 11) is 0. The number of hydrogen-bond donors (Lipinski definition) is 2. The van der Waals surface area contributed by atoms with Crippen LogP contribution in [0.25, 0.3) is 0 Å². The van der Waals surface area contributed by atoms with Gasteiger partial charge in [-0.1, -0.05) is 19.1 Å². The number of hydrogen-bond acceptors (Lipinski definition) is 3. The third kappa shape index (κ3) is 4.56. The fourth-order valence-corrected chi connectivity index (χ4v) is 1.62. The highest BCUT2D eigenvalue weighted by atomic mass is 16.5. The average Bonchev–Trinajstić information content (AvgIpc) is 2.39. The van der Waals surface area contributed by atoms with E-state index in [2.05, 4.69) is 5.32 Å². The maximum absolute atomic E-state index is 11.8. The molecule has 0 heterocycles. The first-order valence-corrected chi connectivity index (χ1v) is 6.52. The lowest BCUT2D eigenvalue weighted by Gasteiger charge is -2.27. The first kappa shape index (κ1) is 15.5. The van der Waals surface area contributed by atoms with Crippen molar-refractivity contribution >= 4 is 5.91 Å². The van der Waals surface area contributed by atoms with Crippen LogP contribution in [0.1, 0.15) is 31.4 Å². The number of carbonyl (C=O) groups excluding carboxylic acids is 1. The van der Waals surface area contributed by atoms with Crippen LogP contribution in [0.5, 0.6) is 5.75 Å². The Kier molecular flexibility index (Phi) is 5.36. The summed E-state index contributed by atoms with van der Waals surface area (Å²) in [6, 6.07) is 5.88. The maximum atomic E-state index is 11.8. The van der Waals surface area contributed by atoms with Gasteiger partial charge in [-0.15, -0.1) is 0 Å². The minimum atomic E-state index is -0.581. The van der Waals surface area contributed by atoms with Crippen molar-refractivity contribution in [1.29, 1.82) is 0 Å². The summed E-state index contributed by atoms with van der Waals surface area (Å²) in [6.07, 6.45) is 0.665. The first-order valence-electron chi connectivity index (χ1n) is 6.52. The molecule has 0 aromatic heterocycles. The molecule has 2 N–H and O–H groups in total. The molecule has 0 saturated heterocycles. The van der Waals surface area contributed by atoms with E-state index >= 15 is 0 Å². The van der Waals surface area contributed by atoms with Crippen molar-refractivity contribution in [3.05, 3.63) is 29.3 Å². The summed E-state index contributed by atoms with van der Waals surface area (Å²) in [5.41, 5.74) is 1.51. The van der Waals surface area contributed by atoms with Crippen molar-refractivity contribution in [1.82, 2.24) is 5.32 Å². The van der Waals surface area contributed by atoms with E-state index < -0.39 is 5.54 Å². The third-order valence-corrected chi connectivity index (χ3v) is 3.27. The molecule has 106 valence electrons. The van der Waals surface area contributed by atoms with Gasteiger partial charge in [0.15, 0.2) is 6.61 Å². The normalized spacial score (nSPS) is 13.7. The molecule has 1 amide bonds. The Morgan fingerprint density at radius 3 is 2.68 bits per heavy atom. The van der Waals surface area contributed by atoms with Gasteiger partial charge in [-0.05, 0) is 44.4 Å². The highest BCUT2D eigenvalue weighted by Gasteiger charge is 2.23.